The van der Waals surface area contributed by atoms with Crippen LogP contribution in [0.5, 0.6) is 0 Å². The quantitative estimate of drug-likeness (QED) is 0.438. The number of rotatable bonds is 6. The smallest absolute Gasteiger partial charge is 0.272 e. The van der Waals surface area contributed by atoms with Crippen molar-refractivity contribution in [3.8, 4) is 0 Å². The van der Waals surface area contributed by atoms with Crippen LogP contribution in [0, 0.1) is 0 Å². The van der Waals surface area contributed by atoms with E-state index in [-0.39, 0.29) is 11.5 Å². The van der Waals surface area contributed by atoms with Crippen molar-refractivity contribution >= 4 is 39.2 Å². The monoisotopic (exact) mass is 452 g/mol. The van der Waals surface area contributed by atoms with E-state index in [1.165, 1.54) is 11.3 Å². The molecule has 0 saturated carbocycles. The van der Waals surface area contributed by atoms with Crippen LogP contribution in [0.3, 0.4) is 0 Å². The molecular formula is C21H24N8O2S. The molecule has 32 heavy (non-hydrogen) atoms. The summed E-state index contributed by atoms with van der Waals surface area (Å²) in [5.74, 6) is 2.05. The van der Waals surface area contributed by atoms with E-state index in [2.05, 4.69) is 25.1 Å². The van der Waals surface area contributed by atoms with Gasteiger partial charge in [-0.2, -0.15) is 0 Å². The van der Waals surface area contributed by atoms with Gasteiger partial charge in [-0.05, 0) is 23.9 Å². The van der Waals surface area contributed by atoms with Gasteiger partial charge >= 0.3 is 0 Å². The van der Waals surface area contributed by atoms with Crippen LogP contribution in [0.15, 0.2) is 34.7 Å². The molecule has 1 aliphatic heterocycles. The fraction of sp³-hybridized carbons (Fsp3) is 0.429. The topological polar surface area (TPSA) is 102 Å². The third-order valence-electron chi connectivity index (χ3n) is 5.76. The SMILES string of the molecule is CCCn1c(=O)c2sccc2n2c(CCC(=O)N3CCN(c4ncccn4)CC3)nnc12. The van der Waals surface area contributed by atoms with Gasteiger partial charge in [-0.15, -0.1) is 21.5 Å². The van der Waals surface area contributed by atoms with E-state index in [4.69, 9.17) is 0 Å². The van der Waals surface area contributed by atoms with Gasteiger partial charge in [0.15, 0.2) is 0 Å². The predicted octanol–water partition coefficient (Wildman–Crippen LogP) is 1.59. The van der Waals surface area contributed by atoms with Crippen molar-refractivity contribution in [2.24, 2.45) is 0 Å². The molecule has 4 aromatic rings. The molecule has 5 heterocycles. The zero-order valence-corrected chi connectivity index (χ0v) is 18.7. The van der Waals surface area contributed by atoms with Crippen molar-refractivity contribution in [1.82, 2.24) is 34.0 Å². The first kappa shape index (κ1) is 20.6. The Kier molecular flexibility index (Phi) is 5.56. The van der Waals surface area contributed by atoms with Gasteiger partial charge in [0.25, 0.3) is 5.56 Å². The van der Waals surface area contributed by atoms with Crippen LogP contribution >= 0.6 is 11.3 Å². The van der Waals surface area contributed by atoms with Crippen LogP contribution in [0.1, 0.15) is 25.6 Å². The second-order valence-electron chi connectivity index (χ2n) is 7.76. The lowest BCUT2D eigenvalue weighted by Gasteiger charge is -2.34. The fourth-order valence-electron chi connectivity index (χ4n) is 4.15. The molecule has 0 spiro atoms. The number of anilines is 1. The molecule has 0 radical (unpaired) electrons. The van der Waals surface area contributed by atoms with Gasteiger partial charge in [-0.1, -0.05) is 6.92 Å². The van der Waals surface area contributed by atoms with Crippen molar-refractivity contribution in [1.29, 1.82) is 0 Å². The molecule has 10 nitrogen and oxygen atoms in total. The van der Waals surface area contributed by atoms with Crippen molar-refractivity contribution in [2.45, 2.75) is 32.7 Å². The number of carbonyl (C=O) groups excluding carboxylic acids is 1. The zero-order chi connectivity index (χ0) is 22.1. The first-order valence-corrected chi connectivity index (χ1v) is 11.7. The lowest BCUT2D eigenvalue weighted by atomic mass is 10.2. The van der Waals surface area contributed by atoms with Crippen LogP contribution in [0.2, 0.25) is 0 Å². The Morgan fingerprint density at radius 2 is 1.91 bits per heavy atom. The number of carbonyl (C=O) groups is 1. The van der Waals surface area contributed by atoms with E-state index in [1.54, 1.807) is 23.0 Å². The number of amides is 1. The van der Waals surface area contributed by atoms with Gasteiger partial charge < -0.3 is 9.80 Å². The summed E-state index contributed by atoms with van der Waals surface area (Å²) in [6, 6.07) is 3.72. The van der Waals surface area contributed by atoms with Crippen molar-refractivity contribution in [2.75, 3.05) is 31.1 Å². The summed E-state index contributed by atoms with van der Waals surface area (Å²) in [5, 5.41) is 10.5. The third kappa shape index (κ3) is 3.62. The average Bonchev–Trinajstić information content (AvgIpc) is 3.48. The van der Waals surface area contributed by atoms with Crippen molar-refractivity contribution in [3.05, 3.63) is 46.1 Å². The molecule has 0 aliphatic carbocycles. The summed E-state index contributed by atoms with van der Waals surface area (Å²) in [6.07, 6.45) is 5.10. The van der Waals surface area contributed by atoms with Crippen LogP contribution in [-0.4, -0.2) is 66.1 Å². The van der Waals surface area contributed by atoms with Crippen LogP contribution in [-0.2, 0) is 17.8 Å². The summed E-state index contributed by atoms with van der Waals surface area (Å²) in [4.78, 5) is 38.3. The van der Waals surface area contributed by atoms with E-state index >= 15 is 0 Å². The average molecular weight is 453 g/mol. The minimum Gasteiger partial charge on any atom is -0.339 e. The van der Waals surface area contributed by atoms with E-state index in [0.717, 1.165) is 11.9 Å². The Balaban J connectivity index is 1.31. The van der Waals surface area contributed by atoms with Gasteiger partial charge in [0.1, 0.15) is 10.5 Å². The summed E-state index contributed by atoms with van der Waals surface area (Å²) in [7, 11) is 0. The number of nitrogens with zero attached hydrogens (tertiary/aromatic N) is 8. The molecule has 0 atom stereocenters. The van der Waals surface area contributed by atoms with Crippen LogP contribution in [0.4, 0.5) is 5.95 Å². The second-order valence-corrected chi connectivity index (χ2v) is 8.68. The van der Waals surface area contributed by atoms with Gasteiger partial charge in [0.05, 0.1) is 5.52 Å². The first-order valence-electron chi connectivity index (χ1n) is 10.8. The zero-order valence-electron chi connectivity index (χ0n) is 17.8. The lowest BCUT2D eigenvalue weighted by Crippen LogP contribution is -2.49. The second kappa shape index (κ2) is 8.65. The molecule has 1 amide bonds. The third-order valence-corrected chi connectivity index (χ3v) is 6.65. The number of fused-ring (bicyclic) bond motifs is 3. The van der Waals surface area contributed by atoms with Gasteiger partial charge in [0.2, 0.25) is 17.6 Å². The van der Waals surface area contributed by atoms with E-state index in [9.17, 15) is 9.59 Å². The van der Waals surface area contributed by atoms with Crippen molar-refractivity contribution in [3.63, 3.8) is 0 Å². The molecular weight excluding hydrogens is 428 g/mol. The molecule has 11 heteroatoms. The molecule has 1 fully saturated rings. The molecule has 1 saturated heterocycles. The van der Waals surface area contributed by atoms with E-state index in [1.807, 2.05) is 27.7 Å². The molecule has 0 bridgehead atoms. The highest BCUT2D eigenvalue weighted by Gasteiger charge is 2.23. The molecule has 166 valence electrons. The summed E-state index contributed by atoms with van der Waals surface area (Å²) >= 11 is 1.43. The van der Waals surface area contributed by atoms with Crippen LogP contribution in [0.25, 0.3) is 16.0 Å². The number of hydrogen-bond donors (Lipinski definition) is 0. The summed E-state index contributed by atoms with van der Waals surface area (Å²) in [5.41, 5.74) is 0.783. The lowest BCUT2D eigenvalue weighted by molar-refractivity contribution is -0.131. The maximum Gasteiger partial charge on any atom is 0.272 e. The van der Waals surface area contributed by atoms with Gasteiger partial charge in [0, 0.05) is 58.0 Å². The van der Waals surface area contributed by atoms with E-state index < -0.39 is 0 Å². The molecule has 5 rings (SSSR count). The number of aryl methyl sites for hydroxylation is 2. The number of hydrogen-bond acceptors (Lipinski definition) is 8. The maximum atomic E-state index is 12.9. The molecule has 4 aromatic heterocycles. The number of thiophene rings is 1. The summed E-state index contributed by atoms with van der Waals surface area (Å²) < 4.78 is 4.31. The highest BCUT2D eigenvalue weighted by Crippen LogP contribution is 2.21. The van der Waals surface area contributed by atoms with E-state index in [0.29, 0.717) is 67.8 Å². The Morgan fingerprint density at radius 3 is 2.66 bits per heavy atom. The molecule has 0 aromatic carbocycles. The van der Waals surface area contributed by atoms with Gasteiger partial charge in [-0.3, -0.25) is 18.6 Å². The Hall–Kier alpha value is -3.34. The largest absolute Gasteiger partial charge is 0.339 e. The highest BCUT2D eigenvalue weighted by atomic mass is 32.1. The maximum absolute atomic E-state index is 12.9. The molecule has 0 unspecified atom stereocenters. The van der Waals surface area contributed by atoms with Crippen LogP contribution < -0.4 is 10.5 Å². The fourth-order valence-corrected chi connectivity index (χ4v) is 4.98. The minimum absolute atomic E-state index is 0.0281. The number of aromatic nitrogens is 6. The molecule has 1 aliphatic rings. The summed E-state index contributed by atoms with van der Waals surface area (Å²) in [6.45, 7) is 5.32. The predicted molar refractivity (Wildman–Crippen MR) is 122 cm³/mol. The normalized spacial score (nSPS) is 14.5. The van der Waals surface area contributed by atoms with Gasteiger partial charge in [-0.25, -0.2) is 9.97 Å². The molecule has 0 N–H and O–H groups in total. The first-order chi connectivity index (χ1) is 15.7. The number of piperazine rings is 1. The highest BCUT2D eigenvalue weighted by molar-refractivity contribution is 7.17. The Morgan fingerprint density at radius 1 is 1.12 bits per heavy atom. The standard InChI is InChI=1S/C21H24N8O2S/c1-2-9-28-19(31)18-15(6-14-32-18)29-16(24-25-21(28)29)4-5-17(30)26-10-12-27(13-11-26)20-22-7-3-8-23-20/h3,6-8,14H,2,4-5,9-13H2,1H3. The Labute approximate surface area is 188 Å². The minimum atomic E-state index is -0.0281. The van der Waals surface area contributed by atoms with Crippen molar-refractivity contribution < 1.29 is 4.79 Å². The Bertz CT molecular complexity index is 1300.